The zero-order valence-electron chi connectivity index (χ0n) is 20.5. The van der Waals surface area contributed by atoms with Crippen LogP contribution in [0.15, 0.2) is 78.9 Å². The highest BCUT2D eigenvalue weighted by atomic mass is 35.5. The molecule has 3 aromatic carbocycles. The van der Waals surface area contributed by atoms with Crippen LogP contribution in [0.5, 0.6) is 5.75 Å². The van der Waals surface area contributed by atoms with Gasteiger partial charge in [-0.2, -0.15) is 0 Å². The summed E-state index contributed by atoms with van der Waals surface area (Å²) in [4.78, 5) is 28.6. The molecular formula is C29H33ClN2O3. The van der Waals surface area contributed by atoms with Gasteiger partial charge in [-0.05, 0) is 53.8 Å². The van der Waals surface area contributed by atoms with Crippen molar-refractivity contribution >= 4 is 23.4 Å². The average molecular weight is 493 g/mol. The minimum Gasteiger partial charge on any atom is -0.484 e. The highest BCUT2D eigenvalue weighted by Crippen LogP contribution is 2.19. The Balaban J connectivity index is 1.90. The van der Waals surface area contributed by atoms with Crippen LogP contribution < -0.4 is 10.1 Å². The molecule has 0 bridgehead atoms. The van der Waals surface area contributed by atoms with Crippen LogP contribution in [0.4, 0.5) is 0 Å². The number of ether oxygens (including phenoxy) is 1. The van der Waals surface area contributed by atoms with Crippen LogP contribution in [0, 0.1) is 12.8 Å². The second-order valence-corrected chi connectivity index (χ2v) is 9.47. The summed E-state index contributed by atoms with van der Waals surface area (Å²) in [5.41, 5.74) is 3.03. The minimum absolute atomic E-state index is 0.170. The fraction of sp³-hybridized carbons (Fsp3) is 0.310. The van der Waals surface area contributed by atoms with Crippen molar-refractivity contribution in [1.29, 1.82) is 0 Å². The molecule has 0 aromatic heterocycles. The third-order valence-corrected chi connectivity index (χ3v) is 5.99. The second-order valence-electron chi connectivity index (χ2n) is 9.04. The average Bonchev–Trinajstić information content (AvgIpc) is 2.85. The molecule has 0 fully saturated rings. The number of rotatable bonds is 11. The van der Waals surface area contributed by atoms with E-state index < -0.39 is 6.04 Å². The van der Waals surface area contributed by atoms with Crippen molar-refractivity contribution in [3.63, 3.8) is 0 Å². The SMILES string of the molecule is Cc1ccccc1CN(C(=O)COc1ccc(Cl)cc1)C(Cc1ccccc1)C(=O)NCC(C)C. The van der Waals surface area contributed by atoms with Crippen LogP contribution in [-0.4, -0.2) is 35.9 Å². The maximum Gasteiger partial charge on any atom is 0.261 e. The van der Waals surface area contributed by atoms with E-state index in [0.717, 1.165) is 16.7 Å². The molecule has 1 N–H and O–H groups in total. The molecule has 0 aliphatic carbocycles. The van der Waals surface area contributed by atoms with Crippen molar-refractivity contribution in [3.05, 3.63) is 101 Å². The first-order valence-electron chi connectivity index (χ1n) is 11.9. The third kappa shape index (κ3) is 8.15. The Labute approximate surface area is 213 Å². The Morgan fingerprint density at radius 3 is 2.26 bits per heavy atom. The van der Waals surface area contributed by atoms with Gasteiger partial charge in [0.1, 0.15) is 11.8 Å². The summed E-state index contributed by atoms with van der Waals surface area (Å²) < 4.78 is 5.77. The zero-order valence-corrected chi connectivity index (χ0v) is 21.3. The summed E-state index contributed by atoms with van der Waals surface area (Å²) in [6.07, 6.45) is 0.406. The summed E-state index contributed by atoms with van der Waals surface area (Å²) in [6, 6.07) is 23.9. The molecule has 3 rings (SSSR count). The Bertz CT molecular complexity index is 1100. The molecule has 0 heterocycles. The van der Waals surface area contributed by atoms with E-state index in [1.54, 1.807) is 29.2 Å². The molecule has 0 saturated carbocycles. The van der Waals surface area contributed by atoms with Crippen LogP contribution in [0.25, 0.3) is 0 Å². The van der Waals surface area contributed by atoms with Crippen LogP contribution in [-0.2, 0) is 22.6 Å². The number of hydrogen-bond acceptors (Lipinski definition) is 3. The normalized spacial score (nSPS) is 11.7. The minimum atomic E-state index is -0.683. The van der Waals surface area contributed by atoms with Gasteiger partial charge in [-0.15, -0.1) is 0 Å². The van der Waals surface area contributed by atoms with Gasteiger partial charge in [0.2, 0.25) is 5.91 Å². The van der Waals surface area contributed by atoms with Gasteiger partial charge in [-0.25, -0.2) is 0 Å². The lowest BCUT2D eigenvalue weighted by Crippen LogP contribution is -2.52. The van der Waals surface area contributed by atoms with Crippen molar-refractivity contribution < 1.29 is 14.3 Å². The van der Waals surface area contributed by atoms with Gasteiger partial charge in [0.15, 0.2) is 6.61 Å². The van der Waals surface area contributed by atoms with Gasteiger partial charge in [-0.3, -0.25) is 9.59 Å². The number of carbonyl (C=O) groups excluding carboxylic acids is 2. The summed E-state index contributed by atoms with van der Waals surface area (Å²) >= 11 is 5.96. The van der Waals surface area contributed by atoms with Crippen molar-refractivity contribution in [2.75, 3.05) is 13.2 Å². The Kier molecular flexibility index (Phi) is 9.74. The molecule has 35 heavy (non-hydrogen) atoms. The fourth-order valence-electron chi connectivity index (χ4n) is 3.71. The number of nitrogens with one attached hydrogen (secondary N) is 1. The lowest BCUT2D eigenvalue weighted by molar-refractivity contribution is -0.142. The summed E-state index contributed by atoms with van der Waals surface area (Å²) in [7, 11) is 0. The lowest BCUT2D eigenvalue weighted by atomic mass is 10.0. The molecule has 0 saturated heterocycles. The number of hydrogen-bond donors (Lipinski definition) is 1. The standard InChI is InChI=1S/C29H33ClN2O3/c1-21(2)18-31-29(34)27(17-23-10-5-4-6-11-23)32(19-24-12-8-7-9-22(24)3)28(33)20-35-26-15-13-25(30)14-16-26/h4-16,21,27H,17-20H2,1-3H3,(H,31,34). The predicted molar refractivity (Wildman–Crippen MR) is 140 cm³/mol. The first-order valence-corrected chi connectivity index (χ1v) is 12.2. The third-order valence-electron chi connectivity index (χ3n) is 5.73. The number of amides is 2. The molecule has 0 aliphatic rings. The van der Waals surface area contributed by atoms with Gasteiger partial charge in [-0.1, -0.05) is 80.0 Å². The Hall–Kier alpha value is -3.31. The molecule has 2 amide bonds. The number of nitrogens with zero attached hydrogens (tertiary/aromatic N) is 1. The lowest BCUT2D eigenvalue weighted by Gasteiger charge is -2.32. The van der Waals surface area contributed by atoms with Gasteiger partial charge in [0, 0.05) is 24.5 Å². The number of halogens is 1. The molecular weight excluding hydrogens is 460 g/mol. The van der Waals surface area contributed by atoms with Crippen LogP contribution in [0.1, 0.15) is 30.5 Å². The quantitative estimate of drug-likeness (QED) is 0.387. The number of carbonyl (C=O) groups is 2. The van der Waals surface area contributed by atoms with E-state index in [1.807, 2.05) is 75.4 Å². The van der Waals surface area contributed by atoms with E-state index in [2.05, 4.69) is 5.32 Å². The maximum absolute atomic E-state index is 13.6. The first kappa shape index (κ1) is 26.3. The Morgan fingerprint density at radius 2 is 1.60 bits per heavy atom. The highest BCUT2D eigenvalue weighted by Gasteiger charge is 2.31. The molecule has 3 aromatic rings. The van der Waals surface area contributed by atoms with Crippen LogP contribution >= 0.6 is 11.6 Å². The van der Waals surface area contributed by atoms with E-state index in [4.69, 9.17) is 16.3 Å². The molecule has 1 atom stereocenters. The van der Waals surface area contributed by atoms with Crippen molar-refractivity contribution in [2.24, 2.45) is 5.92 Å². The Morgan fingerprint density at radius 1 is 0.943 bits per heavy atom. The number of aryl methyl sites for hydroxylation is 1. The van der Waals surface area contributed by atoms with Crippen molar-refractivity contribution in [1.82, 2.24) is 10.2 Å². The maximum atomic E-state index is 13.6. The molecule has 0 spiro atoms. The topological polar surface area (TPSA) is 58.6 Å². The summed E-state index contributed by atoms with van der Waals surface area (Å²) in [5, 5.41) is 3.62. The van der Waals surface area contributed by atoms with Crippen molar-refractivity contribution in [2.45, 2.75) is 39.8 Å². The smallest absolute Gasteiger partial charge is 0.261 e. The first-order chi connectivity index (χ1) is 16.8. The molecule has 5 nitrogen and oxygen atoms in total. The van der Waals surface area contributed by atoms with E-state index in [1.165, 1.54) is 0 Å². The van der Waals surface area contributed by atoms with E-state index >= 15 is 0 Å². The summed E-state index contributed by atoms with van der Waals surface area (Å²) in [6.45, 7) is 6.76. The van der Waals surface area contributed by atoms with E-state index in [-0.39, 0.29) is 18.4 Å². The molecule has 0 radical (unpaired) electrons. The van der Waals surface area contributed by atoms with E-state index in [9.17, 15) is 9.59 Å². The summed E-state index contributed by atoms with van der Waals surface area (Å²) in [5.74, 6) is 0.410. The number of benzene rings is 3. The molecule has 6 heteroatoms. The monoisotopic (exact) mass is 492 g/mol. The van der Waals surface area contributed by atoms with Gasteiger partial charge < -0.3 is 15.0 Å². The van der Waals surface area contributed by atoms with Crippen LogP contribution in [0.2, 0.25) is 5.02 Å². The predicted octanol–water partition coefficient (Wildman–Crippen LogP) is 5.44. The molecule has 184 valence electrons. The second kappa shape index (κ2) is 13.0. The molecule has 0 aliphatic heterocycles. The van der Waals surface area contributed by atoms with Gasteiger partial charge in [0.25, 0.3) is 5.91 Å². The van der Waals surface area contributed by atoms with Crippen molar-refractivity contribution in [3.8, 4) is 5.75 Å². The highest BCUT2D eigenvalue weighted by molar-refractivity contribution is 6.30. The zero-order chi connectivity index (χ0) is 25.2. The van der Waals surface area contributed by atoms with E-state index in [0.29, 0.717) is 36.2 Å². The largest absolute Gasteiger partial charge is 0.484 e. The molecule has 1 unspecified atom stereocenters. The van der Waals surface area contributed by atoms with Gasteiger partial charge in [0.05, 0.1) is 0 Å². The fourth-order valence-corrected chi connectivity index (χ4v) is 3.83. The van der Waals surface area contributed by atoms with Gasteiger partial charge >= 0.3 is 0 Å². The van der Waals surface area contributed by atoms with Crippen LogP contribution in [0.3, 0.4) is 0 Å².